The summed E-state index contributed by atoms with van der Waals surface area (Å²) in [5.41, 5.74) is 5.13. The van der Waals surface area contributed by atoms with E-state index in [-0.39, 0.29) is 5.91 Å². The quantitative estimate of drug-likeness (QED) is 0.485. The maximum Gasteiger partial charge on any atom is 0.251 e. The lowest BCUT2D eigenvalue weighted by Gasteiger charge is -2.08. The minimum atomic E-state index is -0.0316. The molecule has 0 atom stereocenters. The average Bonchev–Trinajstić information content (AvgIpc) is 3.30. The summed E-state index contributed by atoms with van der Waals surface area (Å²) in [5.74, 6) is 1.40. The highest BCUT2D eigenvalue weighted by Crippen LogP contribution is 2.26. The molecule has 1 aliphatic carbocycles. The molecule has 1 fully saturated rings. The minimum Gasteiger partial charge on any atom is -0.497 e. The number of pyridine rings is 1. The van der Waals surface area contributed by atoms with E-state index in [4.69, 9.17) is 4.74 Å². The Morgan fingerprint density at radius 2 is 1.97 bits per heavy atom. The van der Waals surface area contributed by atoms with Gasteiger partial charge in [0.15, 0.2) is 0 Å². The van der Waals surface area contributed by atoms with Gasteiger partial charge in [0, 0.05) is 35.1 Å². The zero-order chi connectivity index (χ0) is 21.5. The normalized spacial score (nSPS) is 13.4. The number of nitrogens with zero attached hydrogens (tertiary/aromatic N) is 4. The molecule has 1 aromatic carbocycles. The molecular formula is C24H23N5O2. The Bertz CT molecular complexity index is 1310. The van der Waals surface area contributed by atoms with E-state index in [1.54, 1.807) is 19.6 Å². The topological polar surface area (TPSA) is 73.4 Å². The van der Waals surface area contributed by atoms with Gasteiger partial charge in [-0.05, 0) is 49.6 Å². The molecule has 0 spiro atoms. The molecule has 7 nitrogen and oxygen atoms in total. The van der Waals surface area contributed by atoms with E-state index in [1.807, 2.05) is 58.6 Å². The molecule has 5 rings (SSSR count). The number of imidazole rings is 2. The first kappa shape index (κ1) is 19.1. The van der Waals surface area contributed by atoms with E-state index < -0.39 is 0 Å². The molecule has 0 saturated heterocycles. The van der Waals surface area contributed by atoms with Crippen LogP contribution in [0.25, 0.3) is 28.5 Å². The number of hydrogen-bond acceptors (Lipinski definition) is 4. The summed E-state index contributed by atoms with van der Waals surface area (Å²) < 4.78 is 9.15. The first-order chi connectivity index (χ1) is 15.0. The van der Waals surface area contributed by atoms with Crippen LogP contribution >= 0.6 is 0 Å². The van der Waals surface area contributed by atoms with Crippen LogP contribution in [0, 0.1) is 6.92 Å². The predicted octanol–water partition coefficient (Wildman–Crippen LogP) is 4.00. The molecule has 4 aromatic rings. The number of amides is 1. The van der Waals surface area contributed by atoms with Crippen LogP contribution in [0.4, 0.5) is 0 Å². The summed E-state index contributed by atoms with van der Waals surface area (Å²) in [4.78, 5) is 21.6. The van der Waals surface area contributed by atoms with Crippen molar-refractivity contribution in [3.8, 4) is 17.1 Å². The number of carbonyl (C=O) groups excluding carboxylic acids is 1. The lowest BCUT2D eigenvalue weighted by molar-refractivity contribution is 0.0951. The highest BCUT2D eigenvalue weighted by atomic mass is 16.5. The lowest BCUT2D eigenvalue weighted by Crippen LogP contribution is -2.25. The number of methoxy groups -OCH3 is 1. The van der Waals surface area contributed by atoms with Crippen molar-refractivity contribution in [2.75, 3.05) is 7.11 Å². The summed E-state index contributed by atoms with van der Waals surface area (Å²) in [5, 5.41) is 3.04. The maximum absolute atomic E-state index is 12.5. The lowest BCUT2D eigenvalue weighted by atomic mass is 10.0. The molecule has 3 aromatic heterocycles. The van der Waals surface area contributed by atoms with Gasteiger partial charge < -0.3 is 10.1 Å². The van der Waals surface area contributed by atoms with Gasteiger partial charge in [-0.2, -0.15) is 0 Å². The van der Waals surface area contributed by atoms with Crippen LogP contribution in [0.1, 0.15) is 34.3 Å². The van der Waals surface area contributed by atoms with E-state index in [9.17, 15) is 4.79 Å². The SMILES string of the molecule is C=C(OC)c1ccc2ncc(-n3cnc(-c4cc(C(=O)NC5CC5)ccc4C)c3)n2c1. The highest BCUT2D eigenvalue weighted by Gasteiger charge is 2.24. The van der Waals surface area contributed by atoms with Crippen molar-refractivity contribution in [2.24, 2.45) is 0 Å². The third-order valence-corrected chi connectivity index (χ3v) is 5.59. The van der Waals surface area contributed by atoms with Crippen molar-refractivity contribution in [1.29, 1.82) is 0 Å². The smallest absolute Gasteiger partial charge is 0.251 e. The molecule has 0 bridgehead atoms. The number of ether oxygens (including phenoxy) is 1. The van der Waals surface area contributed by atoms with Gasteiger partial charge in [-0.25, -0.2) is 9.97 Å². The molecule has 156 valence electrons. The summed E-state index contributed by atoms with van der Waals surface area (Å²) in [6.45, 7) is 5.95. The minimum absolute atomic E-state index is 0.0316. The molecule has 1 aliphatic rings. The van der Waals surface area contributed by atoms with Gasteiger partial charge in [0.2, 0.25) is 0 Å². The first-order valence-electron chi connectivity index (χ1n) is 10.2. The third-order valence-electron chi connectivity index (χ3n) is 5.59. The summed E-state index contributed by atoms with van der Waals surface area (Å²) >= 11 is 0. The predicted molar refractivity (Wildman–Crippen MR) is 119 cm³/mol. The van der Waals surface area contributed by atoms with Crippen molar-refractivity contribution in [1.82, 2.24) is 24.3 Å². The van der Waals surface area contributed by atoms with Crippen molar-refractivity contribution in [3.05, 3.63) is 78.5 Å². The van der Waals surface area contributed by atoms with Crippen LogP contribution in [-0.2, 0) is 4.74 Å². The Morgan fingerprint density at radius 1 is 1.16 bits per heavy atom. The van der Waals surface area contributed by atoms with Crippen LogP contribution in [0.3, 0.4) is 0 Å². The number of carbonyl (C=O) groups is 1. The maximum atomic E-state index is 12.5. The average molecular weight is 413 g/mol. The molecule has 1 N–H and O–H groups in total. The second kappa shape index (κ2) is 7.43. The van der Waals surface area contributed by atoms with Gasteiger partial charge in [0.05, 0.1) is 19.0 Å². The summed E-state index contributed by atoms with van der Waals surface area (Å²) in [6.07, 6.45) is 9.57. The van der Waals surface area contributed by atoms with Gasteiger partial charge in [-0.15, -0.1) is 0 Å². The Labute approximate surface area is 180 Å². The first-order valence-corrected chi connectivity index (χ1v) is 10.2. The molecule has 0 aliphatic heterocycles. The number of nitrogens with one attached hydrogen (secondary N) is 1. The van der Waals surface area contributed by atoms with E-state index in [0.29, 0.717) is 17.4 Å². The molecule has 1 amide bonds. The monoisotopic (exact) mass is 413 g/mol. The summed E-state index contributed by atoms with van der Waals surface area (Å²) in [6, 6.07) is 9.92. The molecule has 0 unspecified atom stereocenters. The molecule has 31 heavy (non-hydrogen) atoms. The second-order valence-corrected chi connectivity index (χ2v) is 7.83. The van der Waals surface area contributed by atoms with Crippen LogP contribution in [0.2, 0.25) is 0 Å². The molecule has 3 heterocycles. The number of hydrogen-bond donors (Lipinski definition) is 1. The molecule has 7 heteroatoms. The fraction of sp³-hybridized carbons (Fsp3) is 0.208. The Morgan fingerprint density at radius 3 is 2.74 bits per heavy atom. The molecule has 0 radical (unpaired) electrons. The van der Waals surface area contributed by atoms with Crippen LogP contribution in [-0.4, -0.2) is 38.0 Å². The Balaban J connectivity index is 1.50. The van der Waals surface area contributed by atoms with E-state index in [0.717, 1.165) is 46.7 Å². The fourth-order valence-corrected chi connectivity index (χ4v) is 3.56. The van der Waals surface area contributed by atoms with Gasteiger partial charge in [-0.3, -0.25) is 13.8 Å². The number of fused-ring (bicyclic) bond motifs is 1. The molecular weight excluding hydrogens is 390 g/mol. The van der Waals surface area contributed by atoms with Crippen molar-refractivity contribution < 1.29 is 9.53 Å². The number of aromatic nitrogens is 4. The number of aryl methyl sites for hydroxylation is 1. The fourth-order valence-electron chi connectivity index (χ4n) is 3.56. The standard InChI is InChI=1S/C24H23N5O2/c1-15-4-5-17(24(30)27-19-7-8-19)10-20(15)21-13-28(14-26-21)23-11-25-22-9-6-18(12-29(22)23)16(2)31-3/h4-6,9-14,19H,2,7-8H2,1,3H3,(H,27,30). The summed E-state index contributed by atoms with van der Waals surface area (Å²) in [7, 11) is 1.60. The number of rotatable bonds is 6. The zero-order valence-corrected chi connectivity index (χ0v) is 17.5. The van der Waals surface area contributed by atoms with Crippen molar-refractivity contribution in [3.63, 3.8) is 0 Å². The van der Waals surface area contributed by atoms with Crippen LogP contribution < -0.4 is 5.32 Å². The largest absolute Gasteiger partial charge is 0.497 e. The van der Waals surface area contributed by atoms with E-state index >= 15 is 0 Å². The van der Waals surface area contributed by atoms with E-state index in [1.165, 1.54) is 0 Å². The zero-order valence-electron chi connectivity index (χ0n) is 17.5. The number of benzene rings is 1. The van der Waals surface area contributed by atoms with Crippen molar-refractivity contribution >= 4 is 17.3 Å². The van der Waals surface area contributed by atoms with E-state index in [2.05, 4.69) is 21.9 Å². The van der Waals surface area contributed by atoms with Crippen LogP contribution in [0.5, 0.6) is 0 Å². The van der Waals surface area contributed by atoms with Crippen LogP contribution in [0.15, 0.2) is 61.8 Å². The third kappa shape index (κ3) is 3.59. The van der Waals surface area contributed by atoms with Crippen molar-refractivity contribution in [2.45, 2.75) is 25.8 Å². The van der Waals surface area contributed by atoms with Gasteiger partial charge in [0.1, 0.15) is 23.6 Å². The van der Waals surface area contributed by atoms with Gasteiger partial charge in [0.25, 0.3) is 5.91 Å². The van der Waals surface area contributed by atoms with Gasteiger partial charge in [-0.1, -0.05) is 12.6 Å². The highest BCUT2D eigenvalue weighted by molar-refractivity contribution is 5.96. The Kier molecular flexibility index (Phi) is 4.58. The van der Waals surface area contributed by atoms with Gasteiger partial charge >= 0.3 is 0 Å². The molecule has 1 saturated carbocycles. The second-order valence-electron chi connectivity index (χ2n) is 7.83. The Hall–Kier alpha value is -3.87.